The third kappa shape index (κ3) is 4.26. The monoisotopic (exact) mass is 284 g/mol. The molecule has 0 aliphatic carbocycles. The van der Waals surface area contributed by atoms with Gasteiger partial charge in [0.15, 0.2) is 0 Å². The minimum Gasteiger partial charge on any atom is -0.353 e. The van der Waals surface area contributed by atoms with Crippen molar-refractivity contribution in [3.05, 3.63) is 54.0 Å². The zero-order valence-electron chi connectivity index (χ0n) is 13.1. The Balaban J connectivity index is 2.16. The molecule has 0 bridgehead atoms. The maximum absolute atomic E-state index is 4.53. The lowest BCUT2D eigenvalue weighted by molar-refractivity contribution is 0.597. The number of anilines is 1. The highest BCUT2D eigenvalue weighted by atomic mass is 15.2. The van der Waals surface area contributed by atoms with Gasteiger partial charge in [0.1, 0.15) is 5.82 Å². The van der Waals surface area contributed by atoms with Crippen molar-refractivity contribution >= 4 is 5.82 Å². The van der Waals surface area contributed by atoms with Crippen LogP contribution in [0.3, 0.4) is 0 Å². The molecule has 4 nitrogen and oxygen atoms in total. The molecule has 21 heavy (non-hydrogen) atoms. The Hall–Kier alpha value is -1.94. The van der Waals surface area contributed by atoms with Gasteiger partial charge in [-0.2, -0.15) is 0 Å². The van der Waals surface area contributed by atoms with E-state index in [1.807, 2.05) is 30.7 Å². The summed E-state index contributed by atoms with van der Waals surface area (Å²) in [4.78, 5) is 10.9. The van der Waals surface area contributed by atoms with Gasteiger partial charge >= 0.3 is 0 Å². The number of hydrogen-bond acceptors (Lipinski definition) is 4. The van der Waals surface area contributed by atoms with Crippen LogP contribution in [0.1, 0.15) is 37.9 Å². The zero-order chi connectivity index (χ0) is 15.1. The molecule has 2 aromatic heterocycles. The molecule has 0 spiro atoms. The number of rotatable bonds is 7. The van der Waals surface area contributed by atoms with Gasteiger partial charge in [-0.1, -0.05) is 6.92 Å². The third-order valence-corrected chi connectivity index (χ3v) is 3.61. The van der Waals surface area contributed by atoms with Gasteiger partial charge in [-0.3, -0.25) is 4.98 Å². The summed E-state index contributed by atoms with van der Waals surface area (Å²) in [6.45, 7) is 9.21. The quantitative estimate of drug-likeness (QED) is 0.848. The first-order chi connectivity index (χ1) is 10.2. The van der Waals surface area contributed by atoms with Crippen molar-refractivity contribution in [2.75, 3.05) is 18.0 Å². The van der Waals surface area contributed by atoms with Crippen LogP contribution in [-0.4, -0.2) is 23.1 Å². The van der Waals surface area contributed by atoms with Crippen LogP contribution in [0.5, 0.6) is 0 Å². The number of nitrogens with one attached hydrogen (secondary N) is 1. The predicted molar refractivity (Wildman–Crippen MR) is 87.3 cm³/mol. The van der Waals surface area contributed by atoms with Gasteiger partial charge in [0.2, 0.25) is 0 Å². The fourth-order valence-electron chi connectivity index (χ4n) is 2.36. The molecule has 0 amide bonds. The van der Waals surface area contributed by atoms with E-state index in [2.05, 4.69) is 53.1 Å². The van der Waals surface area contributed by atoms with E-state index in [-0.39, 0.29) is 0 Å². The topological polar surface area (TPSA) is 41.1 Å². The summed E-state index contributed by atoms with van der Waals surface area (Å²) >= 11 is 0. The SMILES string of the molecule is CCNC(C)c1ccnc(N(CC)Cc2ccncc2)c1. The van der Waals surface area contributed by atoms with Gasteiger partial charge in [0, 0.05) is 37.7 Å². The Morgan fingerprint density at radius 2 is 1.90 bits per heavy atom. The minimum absolute atomic E-state index is 0.344. The van der Waals surface area contributed by atoms with E-state index in [1.54, 1.807) is 0 Å². The van der Waals surface area contributed by atoms with E-state index in [4.69, 9.17) is 0 Å². The molecule has 4 heteroatoms. The highest BCUT2D eigenvalue weighted by molar-refractivity contribution is 5.42. The largest absolute Gasteiger partial charge is 0.353 e. The molecular weight excluding hydrogens is 260 g/mol. The van der Waals surface area contributed by atoms with Gasteiger partial charge in [0.05, 0.1) is 0 Å². The van der Waals surface area contributed by atoms with Crippen LogP contribution in [-0.2, 0) is 6.54 Å². The van der Waals surface area contributed by atoms with E-state index < -0.39 is 0 Å². The normalized spacial score (nSPS) is 12.1. The van der Waals surface area contributed by atoms with Gasteiger partial charge in [0.25, 0.3) is 0 Å². The highest BCUT2D eigenvalue weighted by Crippen LogP contribution is 2.19. The zero-order valence-corrected chi connectivity index (χ0v) is 13.1. The number of aromatic nitrogens is 2. The third-order valence-electron chi connectivity index (χ3n) is 3.61. The first-order valence-electron chi connectivity index (χ1n) is 7.57. The Morgan fingerprint density at radius 1 is 1.14 bits per heavy atom. The molecule has 0 saturated heterocycles. The van der Waals surface area contributed by atoms with Crippen molar-refractivity contribution in [1.82, 2.24) is 15.3 Å². The Kier molecular flexibility index (Phi) is 5.69. The van der Waals surface area contributed by atoms with E-state index in [0.717, 1.165) is 25.5 Å². The highest BCUT2D eigenvalue weighted by Gasteiger charge is 2.10. The Morgan fingerprint density at radius 3 is 2.57 bits per heavy atom. The standard InChI is InChI=1S/C17H24N4/c1-4-19-14(3)16-8-11-20-17(12-16)21(5-2)13-15-6-9-18-10-7-15/h6-12,14,19H,4-5,13H2,1-3H3. The summed E-state index contributed by atoms with van der Waals surface area (Å²) in [5.41, 5.74) is 2.52. The summed E-state index contributed by atoms with van der Waals surface area (Å²) in [5, 5.41) is 3.44. The van der Waals surface area contributed by atoms with E-state index in [0.29, 0.717) is 6.04 Å². The first kappa shape index (κ1) is 15.4. The molecule has 1 N–H and O–H groups in total. The molecule has 112 valence electrons. The summed E-state index contributed by atoms with van der Waals surface area (Å²) in [6, 6.07) is 8.70. The number of hydrogen-bond donors (Lipinski definition) is 1. The number of nitrogens with zero attached hydrogens (tertiary/aromatic N) is 3. The fraction of sp³-hybridized carbons (Fsp3) is 0.412. The smallest absolute Gasteiger partial charge is 0.129 e. The Labute approximate surface area is 127 Å². The van der Waals surface area contributed by atoms with Crippen LogP contribution in [0.4, 0.5) is 5.82 Å². The summed E-state index contributed by atoms with van der Waals surface area (Å²) in [7, 11) is 0. The van der Waals surface area contributed by atoms with Crippen LogP contribution >= 0.6 is 0 Å². The lowest BCUT2D eigenvalue weighted by Gasteiger charge is -2.23. The average molecular weight is 284 g/mol. The van der Waals surface area contributed by atoms with Crippen molar-refractivity contribution in [3.63, 3.8) is 0 Å². The average Bonchev–Trinajstić information content (AvgIpc) is 2.54. The number of pyridine rings is 2. The van der Waals surface area contributed by atoms with Crippen molar-refractivity contribution in [3.8, 4) is 0 Å². The molecule has 0 saturated carbocycles. The second kappa shape index (κ2) is 7.74. The fourth-order valence-corrected chi connectivity index (χ4v) is 2.36. The maximum atomic E-state index is 4.53. The molecule has 0 radical (unpaired) electrons. The van der Waals surface area contributed by atoms with E-state index in [9.17, 15) is 0 Å². The summed E-state index contributed by atoms with van der Waals surface area (Å²) in [5.74, 6) is 1.02. The summed E-state index contributed by atoms with van der Waals surface area (Å²) in [6.07, 6.45) is 5.56. The van der Waals surface area contributed by atoms with Crippen LogP contribution in [0.25, 0.3) is 0 Å². The lowest BCUT2D eigenvalue weighted by Crippen LogP contribution is -2.24. The van der Waals surface area contributed by atoms with Crippen LogP contribution in [0.15, 0.2) is 42.9 Å². The lowest BCUT2D eigenvalue weighted by atomic mass is 10.1. The van der Waals surface area contributed by atoms with Crippen molar-refractivity contribution in [2.24, 2.45) is 0 Å². The van der Waals surface area contributed by atoms with Gasteiger partial charge in [-0.25, -0.2) is 4.98 Å². The van der Waals surface area contributed by atoms with Gasteiger partial charge in [-0.15, -0.1) is 0 Å². The van der Waals surface area contributed by atoms with Gasteiger partial charge < -0.3 is 10.2 Å². The molecule has 1 atom stereocenters. The molecule has 2 rings (SSSR count). The molecular formula is C17H24N4. The maximum Gasteiger partial charge on any atom is 0.129 e. The van der Waals surface area contributed by atoms with Crippen LogP contribution < -0.4 is 10.2 Å². The molecule has 2 aromatic rings. The van der Waals surface area contributed by atoms with Crippen LogP contribution in [0, 0.1) is 0 Å². The van der Waals surface area contributed by atoms with Gasteiger partial charge in [-0.05, 0) is 55.8 Å². The minimum atomic E-state index is 0.344. The van der Waals surface area contributed by atoms with E-state index in [1.165, 1.54) is 11.1 Å². The van der Waals surface area contributed by atoms with Crippen molar-refractivity contribution < 1.29 is 0 Å². The second-order valence-corrected chi connectivity index (χ2v) is 5.10. The predicted octanol–water partition coefficient (Wildman–Crippen LogP) is 3.17. The second-order valence-electron chi connectivity index (χ2n) is 5.10. The van der Waals surface area contributed by atoms with Crippen molar-refractivity contribution in [1.29, 1.82) is 0 Å². The molecule has 1 unspecified atom stereocenters. The molecule has 0 aliphatic heterocycles. The summed E-state index contributed by atoms with van der Waals surface area (Å²) < 4.78 is 0. The van der Waals surface area contributed by atoms with E-state index >= 15 is 0 Å². The molecule has 0 aliphatic rings. The molecule has 0 aromatic carbocycles. The first-order valence-corrected chi connectivity index (χ1v) is 7.57. The Bertz CT molecular complexity index is 541. The molecule has 2 heterocycles. The molecule has 0 fully saturated rings. The van der Waals surface area contributed by atoms with Crippen LogP contribution in [0.2, 0.25) is 0 Å². The van der Waals surface area contributed by atoms with Crippen molar-refractivity contribution in [2.45, 2.75) is 33.4 Å².